The van der Waals surface area contributed by atoms with Crippen LogP contribution in [0.3, 0.4) is 0 Å². The molecule has 33 heavy (non-hydrogen) atoms. The van der Waals surface area contributed by atoms with E-state index in [4.69, 9.17) is 33.2 Å². The summed E-state index contributed by atoms with van der Waals surface area (Å²) in [6.45, 7) is 3.93. The summed E-state index contributed by atoms with van der Waals surface area (Å²) in [5, 5.41) is 12.9. The number of rotatable bonds is 5. The molecule has 0 aliphatic rings. The van der Waals surface area contributed by atoms with Gasteiger partial charge >= 0.3 is 11.4 Å². The van der Waals surface area contributed by atoms with Gasteiger partial charge in [0.2, 0.25) is 5.69 Å². The molecule has 2 heterocycles. The highest BCUT2D eigenvalue weighted by atomic mass is 35.5. The predicted molar refractivity (Wildman–Crippen MR) is 123 cm³/mol. The molecule has 4 aromatic rings. The maximum atomic E-state index is 12.3. The van der Waals surface area contributed by atoms with Gasteiger partial charge in [0, 0.05) is 12.1 Å². The minimum Gasteiger partial charge on any atom is -0.454 e. The quantitative estimate of drug-likeness (QED) is 0.442. The van der Waals surface area contributed by atoms with E-state index in [0.29, 0.717) is 16.8 Å². The molecule has 0 saturated carbocycles. The molecule has 0 aliphatic heterocycles. The van der Waals surface area contributed by atoms with Gasteiger partial charge in [0.05, 0.1) is 26.8 Å². The molecular weight excluding hydrogens is 471 g/mol. The van der Waals surface area contributed by atoms with Crippen molar-refractivity contribution in [3.05, 3.63) is 77.4 Å². The summed E-state index contributed by atoms with van der Waals surface area (Å²) in [5.41, 5.74) is -1.00. The number of nitriles is 1. The lowest BCUT2D eigenvalue weighted by atomic mass is 10.2. The Morgan fingerprint density at radius 2 is 1.82 bits per heavy atom. The van der Waals surface area contributed by atoms with Crippen molar-refractivity contribution < 1.29 is 4.74 Å². The fourth-order valence-electron chi connectivity index (χ4n) is 3.32. The highest BCUT2D eigenvalue weighted by Gasteiger charge is 2.17. The fourth-order valence-corrected chi connectivity index (χ4v) is 3.87. The summed E-state index contributed by atoms with van der Waals surface area (Å²) in [6.07, 6.45) is 0.767. The van der Waals surface area contributed by atoms with E-state index in [1.165, 1.54) is 12.1 Å². The van der Waals surface area contributed by atoms with Crippen molar-refractivity contribution >= 4 is 34.2 Å². The number of benzene rings is 2. The topological polar surface area (TPSA) is 139 Å². The molecule has 0 spiro atoms. The summed E-state index contributed by atoms with van der Waals surface area (Å²) < 4.78 is 8.35. The van der Waals surface area contributed by atoms with Crippen LogP contribution in [0, 0.1) is 11.3 Å². The summed E-state index contributed by atoms with van der Waals surface area (Å²) >= 11 is 12.7. The summed E-state index contributed by atoms with van der Waals surface area (Å²) in [7, 11) is 0. The van der Waals surface area contributed by atoms with E-state index in [2.05, 4.69) is 10.1 Å². The molecule has 2 aromatic carbocycles. The van der Waals surface area contributed by atoms with Gasteiger partial charge in [-0.05, 0) is 37.6 Å². The van der Waals surface area contributed by atoms with Gasteiger partial charge in [-0.25, -0.2) is 9.59 Å². The Hall–Kier alpha value is -3.81. The van der Waals surface area contributed by atoms with Crippen LogP contribution in [-0.4, -0.2) is 24.3 Å². The maximum absolute atomic E-state index is 12.3. The third kappa shape index (κ3) is 4.04. The van der Waals surface area contributed by atoms with Crippen molar-refractivity contribution in [2.45, 2.75) is 26.3 Å². The van der Waals surface area contributed by atoms with Crippen LogP contribution in [-0.2, 0) is 0 Å². The van der Waals surface area contributed by atoms with Crippen molar-refractivity contribution in [3.8, 4) is 23.3 Å². The molecule has 0 radical (unpaired) electrons. The molecule has 168 valence electrons. The Labute approximate surface area is 195 Å². The van der Waals surface area contributed by atoms with Crippen molar-refractivity contribution in [1.29, 1.82) is 5.26 Å². The first-order valence-electron chi connectivity index (χ1n) is 9.78. The van der Waals surface area contributed by atoms with Crippen LogP contribution in [0.2, 0.25) is 10.0 Å². The lowest BCUT2D eigenvalue weighted by Crippen LogP contribution is -2.33. The number of ether oxygens (including phenoxy) is 1. The highest BCUT2D eigenvalue weighted by molar-refractivity contribution is 6.37. The standard InChI is InChI=1S/C21H16Cl2N6O4/c1-3-10(2)28-17-8-12(4-5-15(17)25-20(28)31)33-18-13(22)6-11(7-14(18)23)29-21(32)26-19(30)16(9-24)27-29/h4-8,10H,3H2,1-2H3,(H,25,31)(H,26,30,32). The molecule has 1 unspecified atom stereocenters. The Kier molecular flexibility index (Phi) is 5.84. The Bertz CT molecular complexity index is 1590. The molecule has 4 rings (SSSR count). The summed E-state index contributed by atoms with van der Waals surface area (Å²) in [6, 6.07) is 9.39. The first-order chi connectivity index (χ1) is 15.7. The normalized spacial score (nSPS) is 12.0. The van der Waals surface area contributed by atoms with E-state index in [1.54, 1.807) is 28.8 Å². The number of hydrogen-bond donors (Lipinski definition) is 2. The van der Waals surface area contributed by atoms with Crippen LogP contribution in [0.4, 0.5) is 0 Å². The van der Waals surface area contributed by atoms with Crippen LogP contribution in [0.15, 0.2) is 44.7 Å². The second kappa shape index (κ2) is 8.61. The van der Waals surface area contributed by atoms with Gasteiger partial charge in [0.15, 0.2) is 5.75 Å². The van der Waals surface area contributed by atoms with Gasteiger partial charge in [0.25, 0.3) is 5.56 Å². The minimum absolute atomic E-state index is 0.0191. The molecule has 2 N–H and O–H groups in total. The van der Waals surface area contributed by atoms with Crippen LogP contribution in [0.25, 0.3) is 16.7 Å². The molecule has 12 heteroatoms. The van der Waals surface area contributed by atoms with Gasteiger partial charge < -0.3 is 9.72 Å². The van der Waals surface area contributed by atoms with E-state index in [0.717, 1.165) is 11.1 Å². The minimum atomic E-state index is -0.896. The SMILES string of the molecule is CCC(C)n1c(=O)[nH]c2ccc(Oc3c(Cl)cc(-n4nc(C#N)c(=O)[nH]c4=O)cc3Cl)cc21. The number of aromatic nitrogens is 5. The molecule has 0 saturated heterocycles. The Balaban J connectivity index is 1.76. The van der Waals surface area contributed by atoms with Crippen molar-refractivity contribution in [1.82, 2.24) is 24.3 Å². The zero-order valence-corrected chi connectivity index (χ0v) is 18.9. The number of aromatic amines is 2. The Morgan fingerprint density at radius 3 is 2.45 bits per heavy atom. The number of H-pyrrole nitrogens is 2. The molecule has 10 nitrogen and oxygen atoms in total. The lowest BCUT2D eigenvalue weighted by molar-refractivity contribution is 0.482. The maximum Gasteiger partial charge on any atom is 0.349 e. The number of nitrogens with zero attached hydrogens (tertiary/aromatic N) is 4. The predicted octanol–water partition coefficient (Wildman–Crippen LogP) is 3.51. The summed E-state index contributed by atoms with van der Waals surface area (Å²) in [4.78, 5) is 40.9. The molecule has 0 amide bonds. The van der Waals surface area contributed by atoms with Crippen LogP contribution < -0.4 is 21.7 Å². The first-order valence-corrected chi connectivity index (χ1v) is 10.5. The van der Waals surface area contributed by atoms with E-state index in [9.17, 15) is 14.4 Å². The van der Waals surface area contributed by atoms with E-state index in [-0.39, 0.29) is 33.2 Å². The second-order valence-electron chi connectivity index (χ2n) is 7.21. The van der Waals surface area contributed by atoms with Crippen LogP contribution >= 0.6 is 23.2 Å². The number of imidazole rings is 1. The first kappa shape index (κ1) is 22.4. The average molecular weight is 487 g/mol. The fraction of sp³-hybridized carbons (Fsp3) is 0.190. The number of nitrogens with one attached hydrogen (secondary N) is 2. The molecule has 1 atom stereocenters. The molecule has 0 fully saturated rings. The largest absolute Gasteiger partial charge is 0.454 e. The van der Waals surface area contributed by atoms with Gasteiger partial charge in [0.1, 0.15) is 11.8 Å². The van der Waals surface area contributed by atoms with Crippen LogP contribution in [0.5, 0.6) is 11.5 Å². The van der Waals surface area contributed by atoms with Crippen LogP contribution in [0.1, 0.15) is 32.0 Å². The zero-order chi connectivity index (χ0) is 23.9. The summed E-state index contributed by atoms with van der Waals surface area (Å²) in [5.74, 6) is 0.508. The molecule has 0 aliphatic carbocycles. The van der Waals surface area contributed by atoms with E-state index >= 15 is 0 Å². The van der Waals surface area contributed by atoms with Gasteiger partial charge in [-0.2, -0.15) is 9.94 Å². The van der Waals surface area contributed by atoms with Gasteiger partial charge in [-0.15, -0.1) is 5.10 Å². The molecule has 0 bridgehead atoms. The molecule has 2 aromatic heterocycles. The van der Waals surface area contributed by atoms with Crippen molar-refractivity contribution in [2.24, 2.45) is 0 Å². The number of fused-ring (bicyclic) bond motifs is 1. The average Bonchev–Trinajstić information content (AvgIpc) is 3.10. The van der Waals surface area contributed by atoms with Crippen molar-refractivity contribution in [2.75, 3.05) is 0 Å². The third-order valence-corrected chi connectivity index (χ3v) is 5.66. The zero-order valence-electron chi connectivity index (χ0n) is 17.3. The smallest absolute Gasteiger partial charge is 0.349 e. The lowest BCUT2D eigenvalue weighted by Gasteiger charge is -2.14. The highest BCUT2D eigenvalue weighted by Crippen LogP contribution is 2.38. The molecular formula is C21H16Cl2N6O4. The third-order valence-electron chi connectivity index (χ3n) is 5.10. The number of hydrogen-bond acceptors (Lipinski definition) is 6. The van der Waals surface area contributed by atoms with Gasteiger partial charge in [-0.3, -0.25) is 14.3 Å². The van der Waals surface area contributed by atoms with Crippen molar-refractivity contribution in [3.63, 3.8) is 0 Å². The monoisotopic (exact) mass is 486 g/mol. The van der Waals surface area contributed by atoms with E-state index < -0.39 is 16.9 Å². The Morgan fingerprint density at radius 1 is 1.12 bits per heavy atom. The van der Waals surface area contributed by atoms with Gasteiger partial charge in [-0.1, -0.05) is 30.1 Å². The second-order valence-corrected chi connectivity index (χ2v) is 8.02. The van der Waals surface area contributed by atoms with E-state index in [1.807, 2.05) is 18.8 Å². The number of halogens is 2.